The second kappa shape index (κ2) is 6.30. The lowest BCUT2D eigenvalue weighted by Gasteiger charge is -2.40. The van der Waals surface area contributed by atoms with Crippen LogP contribution in [0.2, 0.25) is 0 Å². The summed E-state index contributed by atoms with van der Waals surface area (Å²) in [6, 6.07) is 13.1. The molecule has 0 bridgehead atoms. The minimum absolute atomic E-state index is 0.202. The zero-order valence-corrected chi connectivity index (χ0v) is 17.1. The Balaban J connectivity index is 1.61. The first-order chi connectivity index (χ1) is 13.1. The highest BCUT2D eigenvalue weighted by Gasteiger charge is 2.35. The molecule has 0 spiro atoms. The molecule has 0 radical (unpaired) electrons. The molecule has 4 heteroatoms. The number of benzene rings is 2. The van der Waals surface area contributed by atoms with Gasteiger partial charge < -0.3 is 9.80 Å². The Kier molecular flexibility index (Phi) is 4.01. The van der Waals surface area contributed by atoms with Gasteiger partial charge in [0, 0.05) is 58.5 Å². The highest BCUT2D eigenvalue weighted by atomic mass is 32.3. The standard InChI is InChI=1S/C23H28N2OS/c1-27(2)21-15-17(24-11-3-4-12-24)7-9-19(21)23(26)20-10-8-18(16-22(20)27)25-13-5-6-14-25/h7-10,15-16H,3-6,11-14H2,1-2H3. The maximum atomic E-state index is 13.2. The highest BCUT2D eigenvalue weighted by Crippen LogP contribution is 2.63. The van der Waals surface area contributed by atoms with Crippen LogP contribution in [0.25, 0.3) is 0 Å². The van der Waals surface area contributed by atoms with Crippen molar-refractivity contribution in [1.29, 1.82) is 0 Å². The summed E-state index contributed by atoms with van der Waals surface area (Å²) in [6.45, 7) is 4.55. The molecule has 0 saturated carbocycles. The summed E-state index contributed by atoms with van der Waals surface area (Å²) >= 11 is 0. The first-order valence-electron chi connectivity index (χ1n) is 10.1. The third-order valence-electron chi connectivity index (χ3n) is 6.46. The molecule has 2 aromatic carbocycles. The predicted octanol–water partition coefficient (Wildman–Crippen LogP) is 4.91. The van der Waals surface area contributed by atoms with Gasteiger partial charge >= 0.3 is 0 Å². The lowest BCUT2D eigenvalue weighted by Crippen LogP contribution is -2.22. The van der Waals surface area contributed by atoms with E-state index in [0.29, 0.717) is 0 Å². The quantitative estimate of drug-likeness (QED) is 0.739. The molecule has 0 unspecified atom stereocenters. The first kappa shape index (κ1) is 17.2. The zero-order valence-electron chi connectivity index (χ0n) is 16.3. The van der Waals surface area contributed by atoms with Crippen LogP contribution < -0.4 is 9.80 Å². The Labute approximate surface area is 163 Å². The van der Waals surface area contributed by atoms with Crippen molar-refractivity contribution in [3.63, 3.8) is 0 Å². The van der Waals surface area contributed by atoms with Crippen molar-refractivity contribution < 1.29 is 4.79 Å². The van der Waals surface area contributed by atoms with Gasteiger partial charge in [0.05, 0.1) is 0 Å². The van der Waals surface area contributed by atoms with Gasteiger partial charge in [-0.3, -0.25) is 4.79 Å². The molecule has 0 atom stereocenters. The van der Waals surface area contributed by atoms with Gasteiger partial charge in [-0.05, 0) is 74.6 Å². The van der Waals surface area contributed by atoms with E-state index in [0.717, 1.165) is 37.3 Å². The van der Waals surface area contributed by atoms with Gasteiger partial charge in [-0.15, -0.1) is 0 Å². The van der Waals surface area contributed by atoms with Gasteiger partial charge in [-0.2, -0.15) is 10.0 Å². The molecule has 3 aliphatic heterocycles. The summed E-state index contributed by atoms with van der Waals surface area (Å²) in [7, 11) is -1.21. The van der Waals surface area contributed by atoms with Crippen LogP contribution in [0, 0.1) is 0 Å². The lowest BCUT2D eigenvalue weighted by molar-refractivity contribution is 0.103. The third kappa shape index (κ3) is 2.68. The van der Waals surface area contributed by atoms with Gasteiger partial charge in [-0.1, -0.05) is 0 Å². The van der Waals surface area contributed by atoms with Gasteiger partial charge in [0.15, 0.2) is 5.78 Å². The van der Waals surface area contributed by atoms with Crippen molar-refractivity contribution in [2.75, 3.05) is 48.5 Å². The molecule has 3 heterocycles. The van der Waals surface area contributed by atoms with Gasteiger partial charge in [0.2, 0.25) is 0 Å². The molecular formula is C23H28N2OS. The van der Waals surface area contributed by atoms with Crippen LogP contribution in [0.3, 0.4) is 0 Å². The second-order valence-corrected chi connectivity index (χ2v) is 11.9. The minimum atomic E-state index is -1.21. The average molecular weight is 381 g/mol. The second-order valence-electron chi connectivity index (χ2n) is 8.41. The number of hydrogen-bond acceptors (Lipinski definition) is 3. The maximum absolute atomic E-state index is 13.2. The van der Waals surface area contributed by atoms with Crippen molar-refractivity contribution in [2.24, 2.45) is 0 Å². The number of hydrogen-bond donors (Lipinski definition) is 0. The third-order valence-corrected chi connectivity index (χ3v) is 9.34. The zero-order chi connectivity index (χ0) is 18.6. The van der Waals surface area contributed by atoms with E-state index in [1.165, 1.54) is 46.8 Å². The Bertz CT molecular complexity index is 837. The van der Waals surface area contributed by atoms with Gasteiger partial charge in [0.25, 0.3) is 0 Å². The molecule has 27 heavy (non-hydrogen) atoms. The summed E-state index contributed by atoms with van der Waals surface area (Å²) in [4.78, 5) is 20.7. The Hall–Kier alpha value is -1.94. The van der Waals surface area contributed by atoms with E-state index in [2.05, 4.69) is 58.7 Å². The summed E-state index contributed by atoms with van der Waals surface area (Å²) < 4.78 is 0. The summed E-state index contributed by atoms with van der Waals surface area (Å²) in [5.74, 6) is 0.202. The van der Waals surface area contributed by atoms with Crippen LogP contribution in [-0.4, -0.2) is 44.5 Å². The molecule has 3 aliphatic rings. The number of rotatable bonds is 2. The topological polar surface area (TPSA) is 23.6 Å². The number of carbonyl (C=O) groups is 1. The number of carbonyl (C=O) groups excluding carboxylic acids is 1. The number of fused-ring (bicyclic) bond motifs is 2. The lowest BCUT2D eigenvalue weighted by atomic mass is 10.0. The molecule has 2 saturated heterocycles. The highest BCUT2D eigenvalue weighted by molar-refractivity contribution is 8.32. The molecular weight excluding hydrogens is 352 g/mol. The monoisotopic (exact) mass is 380 g/mol. The molecule has 0 amide bonds. The van der Waals surface area contributed by atoms with Crippen molar-refractivity contribution in [2.45, 2.75) is 35.5 Å². The maximum Gasteiger partial charge on any atom is 0.195 e. The van der Waals surface area contributed by atoms with E-state index in [9.17, 15) is 4.79 Å². The SMILES string of the molecule is CS1(C)c2cc(N3CCCC3)ccc2C(=O)c2ccc(N3CCCC3)cc21. The summed E-state index contributed by atoms with van der Waals surface area (Å²) in [6.07, 6.45) is 9.81. The van der Waals surface area contributed by atoms with Crippen LogP contribution in [0.1, 0.15) is 41.6 Å². The smallest absolute Gasteiger partial charge is 0.195 e. The Morgan fingerprint density at radius 2 is 1.11 bits per heavy atom. The summed E-state index contributed by atoms with van der Waals surface area (Å²) in [5, 5.41) is 0. The fraction of sp³-hybridized carbons (Fsp3) is 0.435. The molecule has 3 nitrogen and oxygen atoms in total. The molecule has 142 valence electrons. The van der Waals surface area contributed by atoms with E-state index in [1.54, 1.807) is 0 Å². The largest absolute Gasteiger partial charge is 0.372 e. The summed E-state index contributed by atoms with van der Waals surface area (Å²) in [5.41, 5.74) is 4.41. The fourth-order valence-corrected chi connectivity index (χ4v) is 7.34. The van der Waals surface area contributed by atoms with Crippen LogP contribution in [0.15, 0.2) is 46.2 Å². The molecule has 0 N–H and O–H groups in total. The van der Waals surface area contributed by atoms with E-state index in [4.69, 9.17) is 0 Å². The Morgan fingerprint density at radius 3 is 1.52 bits per heavy atom. The first-order valence-corrected chi connectivity index (χ1v) is 12.6. The minimum Gasteiger partial charge on any atom is -0.372 e. The van der Waals surface area contributed by atoms with Gasteiger partial charge in [0.1, 0.15) is 0 Å². The molecule has 2 fully saturated rings. The van der Waals surface area contributed by atoms with Crippen molar-refractivity contribution in [1.82, 2.24) is 0 Å². The Morgan fingerprint density at radius 1 is 0.704 bits per heavy atom. The van der Waals surface area contributed by atoms with E-state index in [-0.39, 0.29) is 5.78 Å². The molecule has 0 aromatic heterocycles. The van der Waals surface area contributed by atoms with E-state index >= 15 is 0 Å². The number of anilines is 2. The molecule has 0 aliphatic carbocycles. The van der Waals surface area contributed by atoms with Crippen LogP contribution >= 0.6 is 10.0 Å². The van der Waals surface area contributed by atoms with E-state index < -0.39 is 10.0 Å². The normalized spacial score (nSPS) is 21.9. The van der Waals surface area contributed by atoms with Crippen molar-refractivity contribution in [3.05, 3.63) is 47.5 Å². The number of nitrogens with zero attached hydrogens (tertiary/aromatic N) is 2. The van der Waals surface area contributed by atoms with Crippen molar-refractivity contribution in [3.8, 4) is 0 Å². The van der Waals surface area contributed by atoms with Crippen LogP contribution in [0.4, 0.5) is 11.4 Å². The van der Waals surface area contributed by atoms with Crippen molar-refractivity contribution >= 4 is 27.2 Å². The fourth-order valence-electron chi connectivity index (χ4n) is 4.85. The molecule has 5 rings (SSSR count). The van der Waals surface area contributed by atoms with Gasteiger partial charge in [-0.25, -0.2) is 0 Å². The number of ketones is 1. The van der Waals surface area contributed by atoms with Crippen LogP contribution in [0.5, 0.6) is 0 Å². The predicted molar refractivity (Wildman–Crippen MR) is 115 cm³/mol. The van der Waals surface area contributed by atoms with Crippen LogP contribution in [-0.2, 0) is 0 Å². The van der Waals surface area contributed by atoms with E-state index in [1.807, 2.05) is 0 Å². The molecule has 2 aromatic rings. The average Bonchev–Trinajstić information content (AvgIpc) is 3.39.